The Balaban J connectivity index is 1.95. The van der Waals surface area contributed by atoms with Crippen molar-refractivity contribution in [1.82, 2.24) is 10.6 Å². The fourth-order valence-corrected chi connectivity index (χ4v) is 3.45. The number of nitrogens with one attached hydrogen (secondary N) is 2. The fraction of sp³-hybridized carbons (Fsp3) is 0.550. The van der Waals surface area contributed by atoms with Gasteiger partial charge in [0.25, 0.3) is 5.91 Å². The maximum Gasteiger partial charge on any atom is 0.330 e. The maximum atomic E-state index is 12.3. The number of carbonyl (C=O) groups excluding carboxylic acids is 2. The molecule has 0 aromatic heterocycles. The zero-order valence-electron chi connectivity index (χ0n) is 16.7. The number of hydrogen-bond acceptors (Lipinski definition) is 5. The van der Waals surface area contributed by atoms with E-state index in [0.29, 0.717) is 24.5 Å². The molecule has 0 heterocycles. The van der Waals surface area contributed by atoms with Crippen LogP contribution in [0.15, 0.2) is 24.3 Å². The highest BCUT2D eigenvalue weighted by Crippen LogP contribution is 2.51. The number of amides is 2. The molecule has 28 heavy (non-hydrogen) atoms. The van der Waals surface area contributed by atoms with Crippen molar-refractivity contribution in [3.05, 3.63) is 29.8 Å². The van der Waals surface area contributed by atoms with Crippen molar-refractivity contribution in [2.75, 3.05) is 19.8 Å². The number of carbonyl (C=O) groups is 3. The predicted octanol–water partition coefficient (Wildman–Crippen LogP) is 1.59. The Labute approximate surface area is 164 Å². The first kappa shape index (κ1) is 21.7. The highest BCUT2D eigenvalue weighted by Gasteiger charge is 2.66. The number of ether oxygens (including phenoxy) is 2. The summed E-state index contributed by atoms with van der Waals surface area (Å²) in [6, 6.07) is 6.53. The number of carboxylic acid groups (broad SMARTS) is 1. The lowest BCUT2D eigenvalue weighted by Gasteiger charge is -2.58. The molecule has 0 radical (unpaired) electrons. The number of carboxylic acids is 1. The Hall–Kier alpha value is -2.61. The van der Waals surface area contributed by atoms with Crippen molar-refractivity contribution in [1.29, 1.82) is 0 Å². The van der Waals surface area contributed by atoms with E-state index in [0.717, 1.165) is 0 Å². The minimum Gasteiger partial charge on any atom is -0.494 e. The number of rotatable bonds is 9. The Bertz CT molecular complexity index is 731. The second-order valence-corrected chi connectivity index (χ2v) is 7.27. The Morgan fingerprint density at radius 1 is 1.14 bits per heavy atom. The summed E-state index contributed by atoms with van der Waals surface area (Å²) in [4.78, 5) is 36.4. The van der Waals surface area contributed by atoms with Gasteiger partial charge in [-0.15, -0.1) is 0 Å². The summed E-state index contributed by atoms with van der Waals surface area (Å²) < 4.78 is 10.9. The second-order valence-electron chi connectivity index (χ2n) is 7.27. The summed E-state index contributed by atoms with van der Waals surface area (Å²) >= 11 is 0. The molecule has 1 saturated carbocycles. The summed E-state index contributed by atoms with van der Waals surface area (Å²) in [5.41, 5.74) is -1.82. The zero-order chi connectivity index (χ0) is 20.9. The molecular weight excluding hydrogens is 364 g/mol. The highest BCUT2D eigenvalue weighted by molar-refractivity contribution is 5.97. The normalized spacial score (nSPS) is 22.6. The van der Waals surface area contributed by atoms with Crippen LogP contribution in [0, 0.1) is 5.41 Å². The summed E-state index contributed by atoms with van der Waals surface area (Å²) in [5, 5.41) is 14.8. The first-order valence-corrected chi connectivity index (χ1v) is 9.35. The van der Waals surface area contributed by atoms with Crippen LogP contribution in [-0.4, -0.2) is 54.3 Å². The van der Waals surface area contributed by atoms with Crippen molar-refractivity contribution in [2.24, 2.45) is 5.41 Å². The van der Waals surface area contributed by atoms with E-state index in [2.05, 4.69) is 10.6 Å². The molecule has 2 unspecified atom stereocenters. The van der Waals surface area contributed by atoms with Gasteiger partial charge in [-0.2, -0.15) is 0 Å². The maximum absolute atomic E-state index is 12.3. The summed E-state index contributed by atoms with van der Waals surface area (Å²) in [5.74, 6) is -1.46. The van der Waals surface area contributed by atoms with Gasteiger partial charge in [0.1, 0.15) is 11.3 Å². The van der Waals surface area contributed by atoms with Crippen LogP contribution >= 0.6 is 0 Å². The molecule has 1 aromatic carbocycles. The second kappa shape index (κ2) is 8.60. The lowest BCUT2D eigenvalue weighted by Crippen LogP contribution is -2.76. The molecule has 2 amide bonds. The third-order valence-corrected chi connectivity index (χ3v) is 5.32. The van der Waals surface area contributed by atoms with Gasteiger partial charge in [0, 0.05) is 24.0 Å². The molecule has 1 aromatic rings. The smallest absolute Gasteiger partial charge is 0.330 e. The van der Waals surface area contributed by atoms with E-state index in [-0.39, 0.29) is 19.1 Å². The van der Waals surface area contributed by atoms with Crippen molar-refractivity contribution >= 4 is 17.8 Å². The van der Waals surface area contributed by atoms with E-state index in [9.17, 15) is 19.5 Å². The third-order valence-electron chi connectivity index (χ3n) is 5.32. The van der Waals surface area contributed by atoms with Crippen LogP contribution in [0.3, 0.4) is 0 Å². The first-order valence-electron chi connectivity index (χ1n) is 9.35. The number of benzene rings is 1. The summed E-state index contributed by atoms with van der Waals surface area (Å²) in [6.07, 6.45) is -0.0748. The lowest BCUT2D eigenvalue weighted by molar-refractivity contribution is -0.194. The van der Waals surface area contributed by atoms with Gasteiger partial charge in [0.15, 0.2) is 0 Å². The van der Waals surface area contributed by atoms with E-state index in [1.807, 2.05) is 13.8 Å². The van der Waals surface area contributed by atoms with Crippen molar-refractivity contribution in [2.45, 2.75) is 45.8 Å². The van der Waals surface area contributed by atoms with Crippen LogP contribution in [0.4, 0.5) is 0 Å². The SMILES string of the molecule is CCOc1ccc(C(=O)NCC(=O)NC2(C(=O)O)CC(OCC)C2(C)C)cc1. The average molecular weight is 392 g/mol. The molecule has 0 bridgehead atoms. The average Bonchev–Trinajstić information content (AvgIpc) is 2.65. The Morgan fingerprint density at radius 3 is 2.29 bits per heavy atom. The van der Waals surface area contributed by atoms with Crippen LogP contribution < -0.4 is 15.4 Å². The van der Waals surface area contributed by atoms with Crippen LogP contribution in [0.25, 0.3) is 0 Å². The van der Waals surface area contributed by atoms with Crippen molar-refractivity contribution < 1.29 is 29.0 Å². The molecule has 3 N–H and O–H groups in total. The highest BCUT2D eigenvalue weighted by atomic mass is 16.5. The van der Waals surface area contributed by atoms with Gasteiger partial charge in [0.2, 0.25) is 5.91 Å². The van der Waals surface area contributed by atoms with Gasteiger partial charge in [-0.05, 0) is 38.1 Å². The molecule has 8 nitrogen and oxygen atoms in total. The fourth-order valence-electron chi connectivity index (χ4n) is 3.45. The van der Waals surface area contributed by atoms with Gasteiger partial charge in [-0.25, -0.2) is 4.79 Å². The standard InChI is InChI=1S/C20H28N2O6/c1-5-27-14-9-7-13(8-10-14)17(24)21-12-16(23)22-20(18(25)26)11-15(28-6-2)19(20,3)4/h7-10,15H,5-6,11-12H2,1-4H3,(H,21,24)(H,22,23)(H,25,26). The minimum atomic E-state index is -1.42. The Morgan fingerprint density at radius 2 is 1.79 bits per heavy atom. The van der Waals surface area contributed by atoms with Gasteiger partial charge in [0.05, 0.1) is 19.3 Å². The first-order chi connectivity index (χ1) is 13.2. The molecular formula is C20H28N2O6. The van der Waals surface area contributed by atoms with Crippen molar-refractivity contribution in [3.8, 4) is 5.75 Å². The molecule has 1 aliphatic rings. The molecule has 154 valence electrons. The van der Waals surface area contributed by atoms with E-state index < -0.39 is 28.7 Å². The Kier molecular flexibility index (Phi) is 6.66. The zero-order valence-corrected chi connectivity index (χ0v) is 16.7. The predicted molar refractivity (Wildman–Crippen MR) is 102 cm³/mol. The van der Waals surface area contributed by atoms with Crippen LogP contribution in [0.2, 0.25) is 0 Å². The largest absolute Gasteiger partial charge is 0.494 e. The molecule has 0 saturated heterocycles. The topological polar surface area (TPSA) is 114 Å². The van der Waals surface area contributed by atoms with Gasteiger partial charge >= 0.3 is 5.97 Å². The van der Waals surface area contributed by atoms with Crippen molar-refractivity contribution in [3.63, 3.8) is 0 Å². The molecule has 2 atom stereocenters. The van der Waals surface area contributed by atoms with Crippen LogP contribution in [0.5, 0.6) is 5.75 Å². The molecule has 2 rings (SSSR count). The quantitative estimate of drug-likeness (QED) is 0.588. The molecule has 0 aliphatic heterocycles. The summed E-state index contributed by atoms with van der Waals surface area (Å²) in [6.45, 7) is 7.88. The lowest BCUT2D eigenvalue weighted by atomic mass is 9.54. The van der Waals surface area contributed by atoms with Crippen LogP contribution in [0.1, 0.15) is 44.5 Å². The number of hydrogen-bond donors (Lipinski definition) is 3. The van der Waals surface area contributed by atoms with Gasteiger partial charge in [-0.3, -0.25) is 9.59 Å². The van der Waals surface area contributed by atoms with Gasteiger partial charge < -0.3 is 25.2 Å². The van der Waals surface area contributed by atoms with E-state index in [4.69, 9.17) is 9.47 Å². The third kappa shape index (κ3) is 4.11. The summed E-state index contributed by atoms with van der Waals surface area (Å²) in [7, 11) is 0. The van der Waals surface area contributed by atoms with Gasteiger partial charge in [-0.1, -0.05) is 13.8 Å². The van der Waals surface area contributed by atoms with E-state index in [1.54, 1.807) is 38.1 Å². The minimum absolute atomic E-state index is 0.182. The van der Waals surface area contributed by atoms with Crippen LogP contribution in [-0.2, 0) is 14.3 Å². The molecule has 1 fully saturated rings. The van der Waals surface area contributed by atoms with E-state index >= 15 is 0 Å². The number of aliphatic carboxylic acids is 1. The molecule has 1 aliphatic carbocycles. The molecule has 0 spiro atoms. The molecule has 8 heteroatoms. The monoisotopic (exact) mass is 392 g/mol. The van der Waals surface area contributed by atoms with E-state index in [1.165, 1.54) is 0 Å².